The molecule has 0 N–H and O–H groups in total. The average Bonchev–Trinajstić information content (AvgIpc) is 2.21. The Hall–Kier alpha value is -0.410. The van der Waals surface area contributed by atoms with Crippen molar-refractivity contribution in [1.82, 2.24) is 4.90 Å². The van der Waals surface area contributed by atoms with Gasteiger partial charge in [-0.2, -0.15) is 0 Å². The largest absolute Gasteiger partial charge is 0.302 e. The minimum atomic E-state index is -0.115. The Bertz CT molecular complexity index is 303. The molecule has 0 saturated heterocycles. The lowest BCUT2D eigenvalue weighted by molar-refractivity contribution is 0.287. The molecule has 0 aliphatic rings. The van der Waals surface area contributed by atoms with Crippen LogP contribution in [0, 0.1) is 11.7 Å². The zero-order valence-electron chi connectivity index (χ0n) is 9.21. The van der Waals surface area contributed by atoms with Crippen LogP contribution in [0.15, 0.2) is 24.3 Å². The second-order valence-electron chi connectivity index (χ2n) is 4.05. The third kappa shape index (κ3) is 4.31. The molecule has 0 fully saturated rings. The van der Waals surface area contributed by atoms with Crippen molar-refractivity contribution in [3.63, 3.8) is 0 Å². The monoisotopic (exact) mass is 273 g/mol. The first kappa shape index (κ1) is 12.7. The third-order valence-corrected chi connectivity index (χ3v) is 3.39. The Morgan fingerprint density at radius 1 is 1.40 bits per heavy atom. The van der Waals surface area contributed by atoms with Crippen LogP contribution < -0.4 is 0 Å². The Balaban J connectivity index is 2.51. The lowest BCUT2D eigenvalue weighted by atomic mass is 10.1. The molecule has 3 heteroatoms. The van der Waals surface area contributed by atoms with Crippen molar-refractivity contribution in [2.75, 3.05) is 18.9 Å². The van der Waals surface area contributed by atoms with Crippen LogP contribution in [0.4, 0.5) is 4.39 Å². The van der Waals surface area contributed by atoms with E-state index in [4.69, 9.17) is 0 Å². The van der Waals surface area contributed by atoms with Gasteiger partial charge < -0.3 is 4.90 Å². The second kappa shape index (κ2) is 6.23. The molecule has 0 bridgehead atoms. The van der Waals surface area contributed by atoms with Gasteiger partial charge in [-0.15, -0.1) is 0 Å². The summed E-state index contributed by atoms with van der Waals surface area (Å²) in [7, 11) is 2.02. The molecule has 0 saturated carbocycles. The van der Waals surface area contributed by atoms with E-state index in [0.717, 1.165) is 17.4 Å². The lowest BCUT2D eigenvalue weighted by Gasteiger charge is -2.20. The SMILES string of the molecule is CC(CBr)CN(C)Cc1ccccc1F. The van der Waals surface area contributed by atoms with Gasteiger partial charge >= 0.3 is 0 Å². The van der Waals surface area contributed by atoms with Crippen molar-refractivity contribution in [2.45, 2.75) is 13.5 Å². The van der Waals surface area contributed by atoms with Gasteiger partial charge in [0.05, 0.1) is 0 Å². The van der Waals surface area contributed by atoms with Crippen LogP contribution in [0.3, 0.4) is 0 Å². The molecule has 1 rings (SSSR count). The van der Waals surface area contributed by atoms with Gasteiger partial charge in [0.25, 0.3) is 0 Å². The quantitative estimate of drug-likeness (QED) is 0.745. The molecule has 1 aromatic rings. The summed E-state index contributed by atoms with van der Waals surface area (Å²) < 4.78 is 13.3. The molecule has 84 valence electrons. The van der Waals surface area contributed by atoms with E-state index in [-0.39, 0.29) is 5.82 Å². The summed E-state index contributed by atoms with van der Waals surface area (Å²) in [6.07, 6.45) is 0. The van der Waals surface area contributed by atoms with E-state index < -0.39 is 0 Å². The molecule has 15 heavy (non-hydrogen) atoms. The molecular formula is C12H17BrFN. The van der Waals surface area contributed by atoms with Crippen LogP contribution in [0.1, 0.15) is 12.5 Å². The zero-order chi connectivity index (χ0) is 11.3. The van der Waals surface area contributed by atoms with Crippen LogP contribution >= 0.6 is 15.9 Å². The van der Waals surface area contributed by atoms with Gasteiger partial charge in [0.2, 0.25) is 0 Å². The number of hydrogen-bond acceptors (Lipinski definition) is 1. The highest BCUT2D eigenvalue weighted by Crippen LogP contribution is 2.10. The summed E-state index contributed by atoms with van der Waals surface area (Å²) in [5.74, 6) is 0.470. The maximum absolute atomic E-state index is 13.3. The Kier molecular flexibility index (Phi) is 5.26. The molecule has 0 radical (unpaired) electrons. The van der Waals surface area contributed by atoms with Crippen molar-refractivity contribution >= 4 is 15.9 Å². The summed E-state index contributed by atoms with van der Waals surface area (Å²) in [6.45, 7) is 3.82. The molecule has 0 spiro atoms. The average molecular weight is 274 g/mol. The van der Waals surface area contributed by atoms with E-state index in [2.05, 4.69) is 27.8 Å². The van der Waals surface area contributed by atoms with Gasteiger partial charge in [-0.3, -0.25) is 0 Å². The molecule has 0 aromatic heterocycles. The molecule has 0 aliphatic heterocycles. The minimum absolute atomic E-state index is 0.115. The highest BCUT2D eigenvalue weighted by Gasteiger charge is 2.07. The molecule has 1 nitrogen and oxygen atoms in total. The first-order valence-corrected chi connectivity index (χ1v) is 6.23. The van der Waals surface area contributed by atoms with Crippen molar-refractivity contribution in [1.29, 1.82) is 0 Å². The van der Waals surface area contributed by atoms with E-state index >= 15 is 0 Å². The van der Waals surface area contributed by atoms with Crippen molar-refractivity contribution in [2.24, 2.45) is 5.92 Å². The fraction of sp³-hybridized carbons (Fsp3) is 0.500. The third-order valence-electron chi connectivity index (χ3n) is 2.28. The van der Waals surface area contributed by atoms with E-state index in [1.54, 1.807) is 6.07 Å². The predicted octanol–water partition coefficient (Wildman–Crippen LogP) is 3.29. The normalized spacial score (nSPS) is 13.1. The van der Waals surface area contributed by atoms with E-state index in [0.29, 0.717) is 12.5 Å². The zero-order valence-corrected chi connectivity index (χ0v) is 10.8. The van der Waals surface area contributed by atoms with Gasteiger partial charge in [0.15, 0.2) is 0 Å². The molecule has 1 aromatic carbocycles. The number of rotatable bonds is 5. The predicted molar refractivity (Wildman–Crippen MR) is 65.7 cm³/mol. The summed E-state index contributed by atoms with van der Waals surface area (Å²) in [4.78, 5) is 2.14. The number of hydrogen-bond donors (Lipinski definition) is 0. The van der Waals surface area contributed by atoms with E-state index in [9.17, 15) is 4.39 Å². The van der Waals surface area contributed by atoms with Crippen LogP contribution in [-0.2, 0) is 6.54 Å². The Morgan fingerprint density at radius 2 is 2.07 bits per heavy atom. The maximum atomic E-state index is 13.3. The van der Waals surface area contributed by atoms with Gasteiger partial charge in [0, 0.05) is 24.0 Å². The Morgan fingerprint density at radius 3 is 2.67 bits per heavy atom. The first-order valence-electron chi connectivity index (χ1n) is 5.11. The van der Waals surface area contributed by atoms with Crippen LogP contribution in [-0.4, -0.2) is 23.8 Å². The van der Waals surface area contributed by atoms with Crippen LogP contribution in [0.2, 0.25) is 0 Å². The maximum Gasteiger partial charge on any atom is 0.127 e. The highest BCUT2D eigenvalue weighted by molar-refractivity contribution is 9.09. The number of nitrogens with zero attached hydrogens (tertiary/aromatic N) is 1. The summed E-state index contributed by atoms with van der Waals surface area (Å²) in [6, 6.07) is 6.95. The summed E-state index contributed by atoms with van der Waals surface area (Å²) in [5.41, 5.74) is 0.766. The van der Waals surface area contributed by atoms with E-state index in [1.807, 2.05) is 19.2 Å². The topological polar surface area (TPSA) is 3.24 Å². The summed E-state index contributed by atoms with van der Waals surface area (Å²) in [5, 5.41) is 0.981. The minimum Gasteiger partial charge on any atom is -0.302 e. The molecule has 1 atom stereocenters. The van der Waals surface area contributed by atoms with Gasteiger partial charge in [-0.25, -0.2) is 4.39 Å². The molecule has 0 amide bonds. The smallest absolute Gasteiger partial charge is 0.127 e. The fourth-order valence-corrected chi connectivity index (χ4v) is 1.77. The fourth-order valence-electron chi connectivity index (χ4n) is 1.56. The molecule has 0 heterocycles. The lowest BCUT2D eigenvalue weighted by Crippen LogP contribution is -2.25. The Labute approximate surface area is 99.4 Å². The van der Waals surface area contributed by atoms with Gasteiger partial charge in [0.1, 0.15) is 5.82 Å². The second-order valence-corrected chi connectivity index (χ2v) is 4.70. The van der Waals surface area contributed by atoms with Gasteiger partial charge in [-0.1, -0.05) is 41.1 Å². The highest BCUT2D eigenvalue weighted by atomic mass is 79.9. The molecule has 0 aliphatic carbocycles. The van der Waals surface area contributed by atoms with Crippen molar-refractivity contribution < 1.29 is 4.39 Å². The van der Waals surface area contributed by atoms with E-state index in [1.165, 1.54) is 6.07 Å². The standard InChI is InChI=1S/C12H17BrFN/c1-10(7-13)8-15(2)9-11-5-3-4-6-12(11)14/h3-6,10H,7-9H2,1-2H3. The van der Waals surface area contributed by atoms with Crippen LogP contribution in [0.25, 0.3) is 0 Å². The molecular weight excluding hydrogens is 257 g/mol. The van der Waals surface area contributed by atoms with Crippen molar-refractivity contribution in [3.05, 3.63) is 35.6 Å². The molecule has 1 unspecified atom stereocenters. The summed E-state index contributed by atoms with van der Waals surface area (Å²) >= 11 is 3.44. The van der Waals surface area contributed by atoms with Crippen LogP contribution in [0.5, 0.6) is 0 Å². The number of benzene rings is 1. The van der Waals surface area contributed by atoms with Gasteiger partial charge in [-0.05, 0) is 19.0 Å². The number of halogens is 2. The first-order chi connectivity index (χ1) is 7.13. The number of alkyl halides is 1. The van der Waals surface area contributed by atoms with Crippen molar-refractivity contribution in [3.8, 4) is 0 Å².